The molecule has 0 bridgehead atoms. The molecule has 0 spiro atoms. The molecule has 4 nitrogen and oxygen atoms in total. The van der Waals surface area contributed by atoms with Crippen molar-refractivity contribution >= 4 is 11.0 Å². The molecular formula is C29H30FN3O. The minimum Gasteiger partial charge on any atom is -0.286 e. The Morgan fingerprint density at radius 2 is 1.68 bits per heavy atom. The Morgan fingerprint density at radius 1 is 0.941 bits per heavy atom. The van der Waals surface area contributed by atoms with Crippen molar-refractivity contribution in [1.82, 2.24) is 14.5 Å². The monoisotopic (exact) mass is 455 g/mol. The van der Waals surface area contributed by atoms with E-state index in [-0.39, 0.29) is 23.2 Å². The first-order valence-corrected chi connectivity index (χ1v) is 12.1. The maximum Gasteiger partial charge on any atom is 0.256 e. The molecule has 1 aromatic carbocycles. The maximum absolute atomic E-state index is 14.6. The lowest BCUT2D eigenvalue weighted by molar-refractivity contribution is 0.384. The molecule has 174 valence electrons. The number of aryl methyl sites for hydroxylation is 3. The summed E-state index contributed by atoms with van der Waals surface area (Å²) in [5, 5.41) is 0.973. The first-order chi connectivity index (χ1) is 16.4. The molecule has 5 heteroatoms. The van der Waals surface area contributed by atoms with E-state index in [9.17, 15) is 9.18 Å². The zero-order valence-electron chi connectivity index (χ0n) is 20.0. The first kappa shape index (κ1) is 22.5. The Labute approximate surface area is 199 Å². The van der Waals surface area contributed by atoms with E-state index in [1.54, 1.807) is 22.9 Å². The van der Waals surface area contributed by atoms with E-state index in [1.807, 2.05) is 51.1 Å². The number of nitrogens with zero attached hydrogens (tertiary/aromatic N) is 3. The number of aromatic nitrogens is 3. The Morgan fingerprint density at radius 3 is 2.41 bits per heavy atom. The number of hydrogen-bond donors (Lipinski definition) is 0. The van der Waals surface area contributed by atoms with E-state index >= 15 is 0 Å². The highest BCUT2D eigenvalue weighted by atomic mass is 19.1. The van der Waals surface area contributed by atoms with Gasteiger partial charge in [-0.3, -0.25) is 14.3 Å². The van der Waals surface area contributed by atoms with E-state index in [0.717, 1.165) is 64.7 Å². The van der Waals surface area contributed by atoms with Gasteiger partial charge < -0.3 is 0 Å². The van der Waals surface area contributed by atoms with Gasteiger partial charge in [0.15, 0.2) is 0 Å². The van der Waals surface area contributed by atoms with Crippen LogP contribution in [0, 0.1) is 26.6 Å². The standard InChI is InChI=1S/C29H30FN3O/c1-18-7-5-15-31-26(18)17-33-28-23(10-9-20(3)32-28)16-24(29(33)34)21-11-13-22(14-12-21)27-19(2)6-4-8-25(27)30/h4-10,15-16,21-22H,11-14,17H2,1-3H3. The van der Waals surface area contributed by atoms with Crippen LogP contribution in [0.2, 0.25) is 0 Å². The van der Waals surface area contributed by atoms with Crippen LogP contribution in [0.25, 0.3) is 11.0 Å². The summed E-state index contributed by atoms with van der Waals surface area (Å²) in [4.78, 5) is 23.0. The predicted octanol–water partition coefficient (Wildman–Crippen LogP) is 6.35. The third kappa shape index (κ3) is 4.15. The molecule has 0 amide bonds. The summed E-state index contributed by atoms with van der Waals surface area (Å²) in [6.45, 7) is 6.35. The minimum atomic E-state index is -0.108. The summed E-state index contributed by atoms with van der Waals surface area (Å²) in [5.41, 5.74) is 6.25. The number of rotatable bonds is 4. The van der Waals surface area contributed by atoms with Crippen molar-refractivity contribution < 1.29 is 4.39 Å². The van der Waals surface area contributed by atoms with Gasteiger partial charge in [-0.15, -0.1) is 0 Å². The topological polar surface area (TPSA) is 47.8 Å². The van der Waals surface area contributed by atoms with Crippen molar-refractivity contribution in [3.8, 4) is 0 Å². The molecule has 34 heavy (non-hydrogen) atoms. The van der Waals surface area contributed by atoms with E-state index in [0.29, 0.717) is 12.2 Å². The minimum absolute atomic E-state index is 0.0150. The van der Waals surface area contributed by atoms with Gasteiger partial charge in [0.2, 0.25) is 0 Å². The number of hydrogen-bond acceptors (Lipinski definition) is 3. The number of halogens is 1. The zero-order valence-corrected chi connectivity index (χ0v) is 20.0. The molecular weight excluding hydrogens is 425 g/mol. The van der Waals surface area contributed by atoms with Crippen molar-refractivity contribution in [3.63, 3.8) is 0 Å². The molecule has 0 atom stereocenters. The van der Waals surface area contributed by atoms with E-state index in [2.05, 4.69) is 11.1 Å². The van der Waals surface area contributed by atoms with Gasteiger partial charge in [0.05, 0.1) is 12.2 Å². The van der Waals surface area contributed by atoms with Crippen LogP contribution in [0.3, 0.4) is 0 Å². The van der Waals surface area contributed by atoms with E-state index in [1.165, 1.54) is 0 Å². The van der Waals surface area contributed by atoms with E-state index < -0.39 is 0 Å². The summed E-state index contributed by atoms with van der Waals surface area (Å²) >= 11 is 0. The Hall–Kier alpha value is -3.34. The van der Waals surface area contributed by atoms with Crippen LogP contribution in [0.5, 0.6) is 0 Å². The maximum atomic E-state index is 14.6. The van der Waals surface area contributed by atoms with Crippen LogP contribution in [0.4, 0.5) is 4.39 Å². The molecule has 0 saturated heterocycles. The van der Waals surface area contributed by atoms with Gasteiger partial charge >= 0.3 is 0 Å². The molecule has 3 heterocycles. The SMILES string of the molecule is Cc1ccc2cc(C3CCC(c4c(C)cccc4F)CC3)c(=O)n(Cc3ncccc3C)c2n1. The summed E-state index contributed by atoms with van der Waals surface area (Å²) in [5.74, 6) is 0.266. The third-order valence-corrected chi connectivity index (χ3v) is 7.38. The average molecular weight is 456 g/mol. The lowest BCUT2D eigenvalue weighted by atomic mass is 9.75. The molecule has 0 aliphatic heterocycles. The van der Waals surface area contributed by atoms with Gasteiger partial charge in [-0.1, -0.05) is 18.2 Å². The van der Waals surface area contributed by atoms with Crippen LogP contribution < -0.4 is 5.56 Å². The van der Waals surface area contributed by atoms with Crippen LogP contribution in [0.1, 0.15) is 71.2 Å². The van der Waals surface area contributed by atoms with Crippen LogP contribution in [-0.4, -0.2) is 14.5 Å². The molecule has 1 saturated carbocycles. The van der Waals surface area contributed by atoms with Crippen molar-refractivity contribution in [1.29, 1.82) is 0 Å². The quantitative estimate of drug-likeness (QED) is 0.360. The van der Waals surface area contributed by atoms with Crippen molar-refractivity contribution in [2.75, 3.05) is 0 Å². The van der Waals surface area contributed by atoms with Crippen molar-refractivity contribution in [2.24, 2.45) is 0 Å². The van der Waals surface area contributed by atoms with Crippen LogP contribution in [0.15, 0.2) is 59.5 Å². The Kier molecular flexibility index (Phi) is 6.03. The van der Waals surface area contributed by atoms with Gasteiger partial charge in [-0.25, -0.2) is 9.37 Å². The molecule has 1 fully saturated rings. The summed E-state index contributed by atoms with van der Waals surface area (Å²) in [7, 11) is 0. The molecule has 4 aromatic rings. The lowest BCUT2D eigenvalue weighted by Gasteiger charge is -2.30. The highest BCUT2D eigenvalue weighted by molar-refractivity contribution is 5.76. The first-order valence-electron chi connectivity index (χ1n) is 12.1. The summed E-state index contributed by atoms with van der Waals surface area (Å²) in [6.07, 6.45) is 5.29. The molecule has 1 aliphatic rings. The average Bonchev–Trinajstić information content (AvgIpc) is 2.82. The van der Waals surface area contributed by atoms with Crippen LogP contribution in [-0.2, 0) is 6.54 Å². The highest BCUT2D eigenvalue weighted by Gasteiger charge is 2.28. The number of pyridine rings is 3. The smallest absolute Gasteiger partial charge is 0.256 e. The van der Waals surface area contributed by atoms with Crippen LogP contribution >= 0.6 is 0 Å². The Balaban J connectivity index is 1.51. The fourth-order valence-corrected chi connectivity index (χ4v) is 5.49. The largest absolute Gasteiger partial charge is 0.286 e. The van der Waals surface area contributed by atoms with Gasteiger partial charge in [0.1, 0.15) is 11.5 Å². The van der Waals surface area contributed by atoms with Gasteiger partial charge in [0.25, 0.3) is 5.56 Å². The third-order valence-electron chi connectivity index (χ3n) is 7.38. The van der Waals surface area contributed by atoms with Gasteiger partial charge in [-0.2, -0.15) is 0 Å². The second-order valence-electron chi connectivity index (χ2n) is 9.64. The van der Waals surface area contributed by atoms with Gasteiger partial charge in [-0.05, 0) is 105 Å². The normalized spacial score (nSPS) is 18.4. The predicted molar refractivity (Wildman–Crippen MR) is 134 cm³/mol. The van der Waals surface area contributed by atoms with Crippen molar-refractivity contribution in [3.05, 3.63) is 105 Å². The van der Waals surface area contributed by atoms with Gasteiger partial charge in [0, 0.05) is 22.8 Å². The molecule has 0 N–H and O–H groups in total. The molecule has 0 radical (unpaired) electrons. The molecule has 3 aromatic heterocycles. The molecule has 1 aliphatic carbocycles. The second kappa shape index (κ2) is 9.13. The summed E-state index contributed by atoms with van der Waals surface area (Å²) < 4.78 is 16.3. The fourth-order valence-electron chi connectivity index (χ4n) is 5.49. The molecule has 0 unspecified atom stereocenters. The highest BCUT2D eigenvalue weighted by Crippen LogP contribution is 2.41. The molecule has 5 rings (SSSR count). The fraction of sp³-hybridized carbons (Fsp3) is 0.345. The Bertz CT molecular complexity index is 1400. The lowest BCUT2D eigenvalue weighted by Crippen LogP contribution is -2.29. The number of fused-ring (bicyclic) bond motifs is 1. The summed E-state index contributed by atoms with van der Waals surface area (Å²) in [6, 6.07) is 15.3. The van der Waals surface area contributed by atoms with E-state index in [4.69, 9.17) is 4.98 Å². The zero-order chi connectivity index (χ0) is 23.8. The van der Waals surface area contributed by atoms with Crippen molar-refractivity contribution in [2.45, 2.75) is 64.8 Å². The second-order valence-corrected chi connectivity index (χ2v) is 9.64. The number of benzene rings is 1.